The summed E-state index contributed by atoms with van der Waals surface area (Å²) in [5.74, 6) is -0.512. The zero-order valence-electron chi connectivity index (χ0n) is 10.9. The Bertz CT molecular complexity index is 488. The van der Waals surface area contributed by atoms with Crippen molar-refractivity contribution in [1.29, 1.82) is 0 Å². The van der Waals surface area contributed by atoms with Crippen LogP contribution < -0.4 is 0 Å². The van der Waals surface area contributed by atoms with Crippen LogP contribution in [0.1, 0.15) is 25.3 Å². The van der Waals surface area contributed by atoms with Crippen LogP contribution in [-0.2, 0) is 4.74 Å². The van der Waals surface area contributed by atoms with Crippen molar-refractivity contribution in [3.63, 3.8) is 0 Å². The van der Waals surface area contributed by atoms with E-state index in [2.05, 4.69) is 4.98 Å². The molecular weight excluding hydrogens is 247 g/mol. The van der Waals surface area contributed by atoms with Crippen molar-refractivity contribution in [2.24, 2.45) is 0 Å². The molecule has 0 bridgehead atoms. The van der Waals surface area contributed by atoms with Crippen LogP contribution in [0.25, 0.3) is 5.57 Å². The van der Waals surface area contributed by atoms with Crippen molar-refractivity contribution in [2.75, 3.05) is 19.7 Å². The summed E-state index contributed by atoms with van der Waals surface area (Å²) in [6, 6.07) is 3.11. The summed E-state index contributed by atoms with van der Waals surface area (Å²) in [6.45, 7) is 3.45. The summed E-state index contributed by atoms with van der Waals surface area (Å²) in [5, 5.41) is 0. The number of pyridine rings is 1. The van der Waals surface area contributed by atoms with Gasteiger partial charge in [0.1, 0.15) is 0 Å². The van der Waals surface area contributed by atoms with Gasteiger partial charge in [0, 0.05) is 25.4 Å². The Morgan fingerprint density at radius 3 is 3.16 bits per heavy atom. The molecule has 0 spiro atoms. The summed E-state index contributed by atoms with van der Waals surface area (Å²) in [6.07, 6.45) is 4.89. The zero-order chi connectivity index (χ0) is 13.7. The van der Waals surface area contributed by atoms with E-state index in [0.717, 1.165) is 24.0 Å². The van der Waals surface area contributed by atoms with Crippen molar-refractivity contribution in [3.05, 3.63) is 35.9 Å². The molecule has 0 aromatic carbocycles. The average molecular weight is 264 g/mol. The number of hydrogen-bond acceptors (Lipinski definition) is 3. The molecular formula is C14H17FN2O2. The Hall–Kier alpha value is -1.91. The Labute approximate surface area is 111 Å². The molecule has 0 N–H and O–H groups in total. The van der Waals surface area contributed by atoms with Gasteiger partial charge in [0.25, 0.3) is 0 Å². The van der Waals surface area contributed by atoms with Crippen molar-refractivity contribution < 1.29 is 13.9 Å². The van der Waals surface area contributed by atoms with Crippen molar-refractivity contribution in [3.8, 4) is 0 Å². The molecule has 0 radical (unpaired) electrons. The minimum atomic E-state index is -0.512. The third kappa shape index (κ3) is 3.53. The molecule has 1 aliphatic heterocycles. The molecule has 2 heterocycles. The predicted molar refractivity (Wildman–Crippen MR) is 70.0 cm³/mol. The van der Waals surface area contributed by atoms with Gasteiger partial charge in [-0.1, -0.05) is 19.4 Å². The van der Waals surface area contributed by atoms with E-state index in [4.69, 9.17) is 4.74 Å². The molecule has 102 valence electrons. The molecule has 0 unspecified atom stereocenters. The molecule has 4 nitrogen and oxygen atoms in total. The van der Waals surface area contributed by atoms with E-state index in [1.807, 2.05) is 13.0 Å². The summed E-state index contributed by atoms with van der Waals surface area (Å²) in [5.41, 5.74) is 1.69. The first-order chi connectivity index (χ1) is 9.20. The van der Waals surface area contributed by atoms with Gasteiger partial charge in [-0.15, -0.1) is 0 Å². The van der Waals surface area contributed by atoms with Crippen LogP contribution >= 0.6 is 0 Å². The minimum absolute atomic E-state index is 0.311. The monoisotopic (exact) mass is 264 g/mol. The maximum Gasteiger partial charge on any atom is 0.410 e. The molecule has 5 heteroatoms. The Morgan fingerprint density at radius 1 is 1.58 bits per heavy atom. The molecule has 0 fully saturated rings. The third-order valence-corrected chi connectivity index (χ3v) is 3.00. The number of carbonyl (C=O) groups is 1. The first-order valence-electron chi connectivity index (χ1n) is 6.43. The number of amides is 1. The van der Waals surface area contributed by atoms with Gasteiger partial charge in [-0.05, 0) is 23.6 Å². The number of halogens is 1. The predicted octanol–water partition coefficient (Wildman–Crippen LogP) is 2.86. The summed E-state index contributed by atoms with van der Waals surface area (Å²) >= 11 is 0. The highest BCUT2D eigenvalue weighted by molar-refractivity contribution is 5.77. The van der Waals surface area contributed by atoms with Crippen LogP contribution in [-0.4, -0.2) is 35.7 Å². The van der Waals surface area contributed by atoms with Gasteiger partial charge in [0.15, 0.2) is 0 Å². The average Bonchev–Trinajstić information content (AvgIpc) is 2.88. The highest BCUT2D eigenvalue weighted by atomic mass is 19.1. The van der Waals surface area contributed by atoms with E-state index >= 15 is 0 Å². The quantitative estimate of drug-likeness (QED) is 0.620. The number of ether oxygens (including phenoxy) is 1. The molecule has 0 atom stereocenters. The molecule has 2 rings (SSSR count). The van der Waals surface area contributed by atoms with Gasteiger partial charge < -0.3 is 9.64 Å². The number of hydrogen-bond donors (Lipinski definition) is 0. The maximum atomic E-state index is 13.0. The van der Waals surface area contributed by atoms with Crippen LogP contribution in [0.3, 0.4) is 0 Å². The van der Waals surface area contributed by atoms with Gasteiger partial charge in [0.2, 0.25) is 5.95 Å². The van der Waals surface area contributed by atoms with Gasteiger partial charge >= 0.3 is 6.09 Å². The van der Waals surface area contributed by atoms with Gasteiger partial charge in [-0.3, -0.25) is 0 Å². The number of unbranched alkanes of at least 4 members (excludes halogenated alkanes) is 1. The van der Waals surface area contributed by atoms with E-state index in [0.29, 0.717) is 19.7 Å². The Morgan fingerprint density at radius 2 is 2.42 bits per heavy atom. The van der Waals surface area contributed by atoms with E-state index in [1.54, 1.807) is 11.0 Å². The maximum absolute atomic E-state index is 13.0. The zero-order valence-corrected chi connectivity index (χ0v) is 10.9. The second kappa shape index (κ2) is 6.31. The van der Waals surface area contributed by atoms with Crippen molar-refractivity contribution >= 4 is 11.7 Å². The molecule has 1 aromatic heterocycles. The van der Waals surface area contributed by atoms with Gasteiger partial charge in [-0.2, -0.15) is 4.39 Å². The lowest BCUT2D eigenvalue weighted by Crippen LogP contribution is -2.29. The first-order valence-corrected chi connectivity index (χ1v) is 6.43. The smallest absolute Gasteiger partial charge is 0.410 e. The Kier molecular flexibility index (Phi) is 4.49. The summed E-state index contributed by atoms with van der Waals surface area (Å²) in [7, 11) is 0. The van der Waals surface area contributed by atoms with Crippen LogP contribution in [0.5, 0.6) is 0 Å². The lowest BCUT2D eigenvalue weighted by Gasteiger charge is -2.16. The van der Waals surface area contributed by atoms with E-state index in [9.17, 15) is 9.18 Å². The van der Waals surface area contributed by atoms with Crippen LogP contribution in [0.15, 0.2) is 24.4 Å². The van der Waals surface area contributed by atoms with Crippen molar-refractivity contribution in [1.82, 2.24) is 9.88 Å². The van der Waals surface area contributed by atoms with Gasteiger partial charge in [-0.25, -0.2) is 9.78 Å². The lowest BCUT2D eigenvalue weighted by atomic mass is 10.1. The Balaban J connectivity index is 1.90. The van der Waals surface area contributed by atoms with Crippen LogP contribution in [0.4, 0.5) is 9.18 Å². The normalized spacial score (nSPS) is 14.4. The van der Waals surface area contributed by atoms with Crippen LogP contribution in [0, 0.1) is 5.95 Å². The van der Waals surface area contributed by atoms with Gasteiger partial charge in [0.05, 0.1) is 6.61 Å². The number of rotatable bonds is 4. The molecule has 0 saturated carbocycles. The highest BCUT2D eigenvalue weighted by Crippen LogP contribution is 2.21. The number of aromatic nitrogens is 1. The van der Waals surface area contributed by atoms with Crippen molar-refractivity contribution in [2.45, 2.75) is 19.8 Å². The fourth-order valence-corrected chi connectivity index (χ4v) is 1.90. The fourth-order valence-electron chi connectivity index (χ4n) is 1.90. The second-order valence-electron chi connectivity index (χ2n) is 4.45. The summed E-state index contributed by atoms with van der Waals surface area (Å²) in [4.78, 5) is 16.9. The fraction of sp³-hybridized carbons (Fsp3) is 0.429. The van der Waals surface area contributed by atoms with E-state index in [-0.39, 0.29) is 6.09 Å². The molecule has 1 aliphatic rings. The molecule has 0 aliphatic carbocycles. The molecule has 1 aromatic rings. The topological polar surface area (TPSA) is 42.4 Å². The SMILES string of the molecule is CCCCOC(=O)N1CC=C(c2ccnc(F)c2)C1. The first kappa shape index (κ1) is 13.5. The number of carbonyl (C=O) groups excluding carboxylic acids is 1. The third-order valence-electron chi connectivity index (χ3n) is 3.00. The van der Waals surface area contributed by atoms with E-state index < -0.39 is 5.95 Å². The largest absolute Gasteiger partial charge is 0.449 e. The molecule has 0 saturated heterocycles. The molecule has 19 heavy (non-hydrogen) atoms. The van der Waals surface area contributed by atoms with Crippen LogP contribution in [0.2, 0.25) is 0 Å². The second-order valence-corrected chi connectivity index (χ2v) is 4.45. The summed E-state index contributed by atoms with van der Waals surface area (Å²) < 4.78 is 18.2. The highest BCUT2D eigenvalue weighted by Gasteiger charge is 2.21. The van der Waals surface area contributed by atoms with E-state index in [1.165, 1.54) is 12.3 Å². The number of nitrogens with zero attached hydrogens (tertiary/aromatic N) is 2. The minimum Gasteiger partial charge on any atom is -0.449 e. The molecule has 1 amide bonds. The lowest BCUT2D eigenvalue weighted by molar-refractivity contribution is 0.111. The standard InChI is InChI=1S/C14H17FN2O2/c1-2-3-8-19-14(18)17-7-5-12(10-17)11-4-6-16-13(15)9-11/h4-6,9H,2-3,7-8,10H2,1H3.